The fraction of sp³-hybridized carbons (Fsp3) is 0.0625. The summed E-state index contributed by atoms with van der Waals surface area (Å²) in [6, 6.07) is 52.5. The van der Waals surface area contributed by atoms with Crippen molar-refractivity contribution in [2.45, 2.75) is 19.3 Å². The van der Waals surface area contributed by atoms with E-state index < -0.39 is 0 Å². The molecule has 0 unspecified atom stereocenters. The minimum Gasteiger partial charge on any atom is -0.456 e. The fourth-order valence-electron chi connectivity index (χ4n) is 8.27. The Balaban J connectivity index is 1.04. The first kappa shape index (κ1) is 29.8. The second kappa shape index (κ2) is 11.1. The average molecular weight is 682 g/mol. The van der Waals surface area contributed by atoms with Crippen molar-refractivity contribution in [3.63, 3.8) is 0 Å². The number of hydrogen-bond acceptors (Lipinski definition) is 5. The molecule has 1 aliphatic rings. The van der Waals surface area contributed by atoms with E-state index in [1.165, 1.54) is 22.3 Å². The molecular formula is C48H31N3O2. The van der Waals surface area contributed by atoms with Crippen LogP contribution in [0, 0.1) is 0 Å². The number of aromatic nitrogens is 3. The lowest BCUT2D eigenvalue weighted by Crippen LogP contribution is -2.15. The number of hydrogen-bond donors (Lipinski definition) is 0. The van der Waals surface area contributed by atoms with Gasteiger partial charge in [-0.05, 0) is 75.8 Å². The molecule has 11 rings (SSSR count). The second-order valence-electron chi connectivity index (χ2n) is 14.4. The molecule has 3 heterocycles. The number of nitrogens with zero attached hydrogens (tertiary/aromatic N) is 3. The maximum atomic E-state index is 6.31. The zero-order chi connectivity index (χ0) is 35.3. The first-order valence-electron chi connectivity index (χ1n) is 17.9. The van der Waals surface area contributed by atoms with E-state index in [2.05, 4.69) is 92.7 Å². The van der Waals surface area contributed by atoms with Crippen LogP contribution in [0.15, 0.2) is 160 Å². The fourth-order valence-corrected chi connectivity index (χ4v) is 8.27. The normalized spacial score (nSPS) is 13.2. The summed E-state index contributed by atoms with van der Waals surface area (Å²) >= 11 is 0. The van der Waals surface area contributed by atoms with Crippen LogP contribution in [0.1, 0.15) is 25.0 Å². The van der Waals surface area contributed by atoms with Crippen LogP contribution in [0.5, 0.6) is 0 Å². The van der Waals surface area contributed by atoms with Crippen molar-refractivity contribution >= 4 is 43.9 Å². The van der Waals surface area contributed by atoms with Gasteiger partial charge in [0.1, 0.15) is 22.3 Å². The summed E-state index contributed by atoms with van der Waals surface area (Å²) in [7, 11) is 0. The molecular weight excluding hydrogens is 651 g/mol. The van der Waals surface area contributed by atoms with Crippen LogP contribution < -0.4 is 0 Å². The van der Waals surface area contributed by atoms with Gasteiger partial charge in [-0.2, -0.15) is 0 Å². The lowest BCUT2D eigenvalue weighted by molar-refractivity contribution is 0.647. The highest BCUT2D eigenvalue weighted by Crippen LogP contribution is 2.51. The molecule has 0 amide bonds. The summed E-state index contributed by atoms with van der Waals surface area (Å²) < 4.78 is 12.5. The standard InChI is InChI=1S/C48H31N3O2/c1-48(2)38-25-30(22-23-32(38)36-26-37-33-16-6-8-19-40(33)53-43(37)27-39(36)48)29-14-10-15-31(24-29)46-49-45(28-12-4-3-5-13-28)50-47(51-46)35-18-11-21-42-44(35)34-17-7-9-20-41(34)52-42/h3-27H,1-2H3. The topological polar surface area (TPSA) is 65.0 Å². The Morgan fingerprint density at radius 1 is 0.377 bits per heavy atom. The van der Waals surface area contributed by atoms with E-state index in [-0.39, 0.29) is 5.41 Å². The van der Waals surface area contributed by atoms with E-state index in [9.17, 15) is 0 Å². The molecule has 0 saturated carbocycles. The molecule has 53 heavy (non-hydrogen) atoms. The Hall–Kier alpha value is -6.85. The lowest BCUT2D eigenvalue weighted by atomic mass is 9.81. The molecule has 0 radical (unpaired) electrons. The molecule has 250 valence electrons. The molecule has 3 aromatic heterocycles. The third-order valence-corrected chi connectivity index (χ3v) is 10.9. The second-order valence-corrected chi connectivity index (χ2v) is 14.4. The van der Waals surface area contributed by atoms with Crippen LogP contribution in [-0.2, 0) is 5.41 Å². The number of benzene rings is 7. The molecule has 7 aromatic carbocycles. The number of fused-ring (bicyclic) bond motifs is 9. The Labute approximate surface area is 305 Å². The van der Waals surface area contributed by atoms with E-state index in [0.717, 1.165) is 71.7 Å². The van der Waals surface area contributed by atoms with Crippen LogP contribution in [0.2, 0.25) is 0 Å². The zero-order valence-electron chi connectivity index (χ0n) is 29.1. The monoisotopic (exact) mass is 681 g/mol. The van der Waals surface area contributed by atoms with Gasteiger partial charge in [0.2, 0.25) is 0 Å². The summed E-state index contributed by atoms with van der Waals surface area (Å²) in [5, 5.41) is 4.34. The number of para-hydroxylation sites is 2. The van der Waals surface area contributed by atoms with Crippen molar-refractivity contribution < 1.29 is 8.83 Å². The molecule has 0 N–H and O–H groups in total. The molecule has 10 aromatic rings. The van der Waals surface area contributed by atoms with Gasteiger partial charge in [-0.25, -0.2) is 15.0 Å². The highest BCUT2D eigenvalue weighted by molar-refractivity contribution is 6.12. The summed E-state index contributed by atoms with van der Waals surface area (Å²) in [6.45, 7) is 4.63. The van der Waals surface area contributed by atoms with Crippen molar-refractivity contribution in [1.29, 1.82) is 0 Å². The Bertz CT molecular complexity index is 3100. The molecule has 5 heteroatoms. The summed E-state index contributed by atoms with van der Waals surface area (Å²) in [6.07, 6.45) is 0. The van der Waals surface area contributed by atoms with E-state index in [4.69, 9.17) is 23.8 Å². The summed E-state index contributed by atoms with van der Waals surface area (Å²) in [5.41, 5.74) is 13.4. The first-order valence-corrected chi connectivity index (χ1v) is 17.9. The van der Waals surface area contributed by atoms with Gasteiger partial charge in [-0.15, -0.1) is 0 Å². The van der Waals surface area contributed by atoms with Crippen molar-refractivity contribution in [2.24, 2.45) is 0 Å². The number of rotatable bonds is 4. The van der Waals surface area contributed by atoms with Gasteiger partial charge in [-0.1, -0.05) is 123 Å². The van der Waals surface area contributed by atoms with E-state index in [0.29, 0.717) is 17.5 Å². The van der Waals surface area contributed by atoms with Gasteiger partial charge in [0.25, 0.3) is 0 Å². The maximum Gasteiger partial charge on any atom is 0.164 e. The van der Waals surface area contributed by atoms with Crippen LogP contribution in [0.4, 0.5) is 0 Å². The SMILES string of the molecule is CC1(C)c2cc(-c3cccc(-c4nc(-c5ccccc5)nc(-c5cccc6oc7ccccc7c56)n4)c3)ccc2-c2cc3c(cc21)oc1ccccc13. The lowest BCUT2D eigenvalue weighted by Gasteiger charge is -2.22. The highest BCUT2D eigenvalue weighted by atomic mass is 16.3. The minimum absolute atomic E-state index is 0.197. The third kappa shape index (κ3) is 4.54. The third-order valence-electron chi connectivity index (χ3n) is 10.9. The van der Waals surface area contributed by atoms with Crippen LogP contribution >= 0.6 is 0 Å². The quantitative estimate of drug-likeness (QED) is 0.185. The van der Waals surface area contributed by atoms with E-state index in [1.54, 1.807) is 0 Å². The Morgan fingerprint density at radius 3 is 1.83 bits per heavy atom. The summed E-state index contributed by atoms with van der Waals surface area (Å²) in [5.74, 6) is 1.84. The van der Waals surface area contributed by atoms with Crippen LogP contribution in [-0.4, -0.2) is 15.0 Å². The molecule has 5 nitrogen and oxygen atoms in total. The maximum absolute atomic E-state index is 6.31. The Morgan fingerprint density at radius 2 is 0.981 bits per heavy atom. The summed E-state index contributed by atoms with van der Waals surface area (Å²) in [4.78, 5) is 15.3. The molecule has 0 atom stereocenters. The molecule has 0 spiro atoms. The smallest absolute Gasteiger partial charge is 0.164 e. The molecule has 0 fully saturated rings. The predicted octanol–water partition coefficient (Wildman–Crippen LogP) is 12.6. The van der Waals surface area contributed by atoms with Crippen LogP contribution in [0.25, 0.3) is 100 Å². The van der Waals surface area contributed by atoms with Crippen molar-refractivity contribution in [2.75, 3.05) is 0 Å². The van der Waals surface area contributed by atoms with E-state index in [1.807, 2.05) is 72.8 Å². The average Bonchev–Trinajstić information content (AvgIpc) is 3.84. The highest BCUT2D eigenvalue weighted by Gasteiger charge is 2.36. The van der Waals surface area contributed by atoms with Gasteiger partial charge in [0, 0.05) is 43.7 Å². The van der Waals surface area contributed by atoms with Crippen LogP contribution in [0.3, 0.4) is 0 Å². The van der Waals surface area contributed by atoms with Gasteiger partial charge in [-0.3, -0.25) is 0 Å². The Kier molecular flexibility index (Phi) is 6.23. The molecule has 0 bridgehead atoms. The predicted molar refractivity (Wildman–Crippen MR) is 214 cm³/mol. The molecule has 0 saturated heterocycles. The molecule has 0 aliphatic heterocycles. The van der Waals surface area contributed by atoms with Gasteiger partial charge in [0.05, 0.1) is 0 Å². The number of furan rings is 2. The van der Waals surface area contributed by atoms with Crippen molar-refractivity contribution in [1.82, 2.24) is 15.0 Å². The molecule has 1 aliphatic carbocycles. The largest absolute Gasteiger partial charge is 0.456 e. The minimum atomic E-state index is -0.197. The van der Waals surface area contributed by atoms with Gasteiger partial charge >= 0.3 is 0 Å². The zero-order valence-corrected chi connectivity index (χ0v) is 29.1. The van der Waals surface area contributed by atoms with E-state index >= 15 is 0 Å². The van der Waals surface area contributed by atoms with Gasteiger partial charge < -0.3 is 8.83 Å². The van der Waals surface area contributed by atoms with Crippen molar-refractivity contribution in [3.05, 3.63) is 163 Å². The first-order chi connectivity index (χ1) is 26.0. The van der Waals surface area contributed by atoms with Gasteiger partial charge in [0.15, 0.2) is 17.5 Å². The van der Waals surface area contributed by atoms with Crippen molar-refractivity contribution in [3.8, 4) is 56.4 Å².